The van der Waals surface area contributed by atoms with Crippen molar-refractivity contribution in [3.8, 4) is 5.75 Å². The lowest BCUT2D eigenvalue weighted by molar-refractivity contribution is -0.137. The van der Waals surface area contributed by atoms with E-state index >= 15 is 0 Å². The molecule has 0 bridgehead atoms. The van der Waals surface area contributed by atoms with Crippen LogP contribution in [0, 0.1) is 0 Å². The summed E-state index contributed by atoms with van der Waals surface area (Å²) < 4.78 is 43.5. The van der Waals surface area contributed by atoms with Crippen LogP contribution >= 0.6 is 23.2 Å². The van der Waals surface area contributed by atoms with E-state index in [4.69, 9.17) is 27.9 Å². The summed E-state index contributed by atoms with van der Waals surface area (Å²) >= 11 is 11.4. The highest BCUT2D eigenvalue weighted by molar-refractivity contribution is 6.31. The van der Waals surface area contributed by atoms with Gasteiger partial charge in [0.25, 0.3) is 0 Å². The Morgan fingerprint density at radius 2 is 1.79 bits per heavy atom. The van der Waals surface area contributed by atoms with Crippen LogP contribution in [0.2, 0.25) is 10.0 Å². The van der Waals surface area contributed by atoms with E-state index in [1.54, 1.807) is 12.1 Å². The number of hydrogen-bond donors (Lipinski definition) is 2. The van der Waals surface area contributed by atoms with E-state index in [1.165, 1.54) is 19.2 Å². The summed E-state index contributed by atoms with van der Waals surface area (Å²) in [5, 5.41) is 4.65. The van der Waals surface area contributed by atoms with Gasteiger partial charge in [0, 0.05) is 10.7 Å². The van der Waals surface area contributed by atoms with Crippen molar-refractivity contribution >= 4 is 40.6 Å². The average Bonchev–Trinajstić information content (AvgIpc) is 2.48. The van der Waals surface area contributed by atoms with E-state index in [1.807, 2.05) is 0 Å². The fourth-order valence-electron chi connectivity index (χ4n) is 1.88. The molecule has 2 aromatic carbocycles. The summed E-state index contributed by atoms with van der Waals surface area (Å²) in [6.07, 6.45) is -4.62. The minimum absolute atomic E-state index is 0.0646. The molecule has 0 saturated carbocycles. The highest BCUT2D eigenvalue weighted by atomic mass is 35.5. The molecular formula is C15H11Cl2F3N2O2. The quantitative estimate of drug-likeness (QED) is 0.723. The summed E-state index contributed by atoms with van der Waals surface area (Å²) in [5.74, 6) is 0.349. The number of halogens is 5. The van der Waals surface area contributed by atoms with Crippen molar-refractivity contribution in [3.63, 3.8) is 0 Å². The third-order valence-electron chi connectivity index (χ3n) is 2.94. The fourth-order valence-corrected chi connectivity index (χ4v) is 2.28. The number of carbonyl (C=O) groups is 1. The van der Waals surface area contributed by atoms with E-state index in [0.29, 0.717) is 10.8 Å². The Hall–Kier alpha value is -2.12. The topological polar surface area (TPSA) is 50.4 Å². The van der Waals surface area contributed by atoms with Crippen LogP contribution in [0.3, 0.4) is 0 Å². The van der Waals surface area contributed by atoms with Gasteiger partial charge in [-0.15, -0.1) is 0 Å². The number of hydrogen-bond acceptors (Lipinski definition) is 2. The molecule has 128 valence electrons. The lowest BCUT2D eigenvalue weighted by atomic mass is 10.2. The first-order chi connectivity index (χ1) is 11.2. The number of ether oxygens (including phenoxy) is 1. The molecule has 0 radical (unpaired) electrons. The van der Waals surface area contributed by atoms with Gasteiger partial charge in [-0.2, -0.15) is 13.2 Å². The maximum Gasteiger partial charge on any atom is 0.417 e. The molecule has 2 aromatic rings. The lowest BCUT2D eigenvalue weighted by Gasteiger charge is -2.13. The largest absolute Gasteiger partial charge is 0.495 e. The molecule has 2 N–H and O–H groups in total. The van der Waals surface area contributed by atoms with Gasteiger partial charge in [-0.1, -0.05) is 23.2 Å². The number of anilines is 2. The standard InChI is InChI=1S/C15H11Cl2F3N2O2/c1-24-13-5-2-8(16)6-12(13)22-14(23)21-9-3-4-11(17)10(7-9)15(18,19)20/h2-7H,1H3,(H2,21,22,23). The van der Waals surface area contributed by atoms with Crippen LogP contribution < -0.4 is 15.4 Å². The van der Waals surface area contributed by atoms with Crippen LogP contribution in [0.15, 0.2) is 36.4 Å². The molecule has 0 aliphatic heterocycles. The average molecular weight is 379 g/mol. The van der Waals surface area contributed by atoms with Gasteiger partial charge in [0.15, 0.2) is 0 Å². The smallest absolute Gasteiger partial charge is 0.417 e. The minimum atomic E-state index is -4.62. The van der Waals surface area contributed by atoms with Crippen LogP contribution in [0.1, 0.15) is 5.56 Å². The molecule has 0 aliphatic carbocycles. The van der Waals surface area contributed by atoms with Crippen LogP contribution in [0.25, 0.3) is 0 Å². The van der Waals surface area contributed by atoms with Gasteiger partial charge in [0.05, 0.1) is 23.4 Å². The zero-order chi connectivity index (χ0) is 17.9. The molecule has 2 amide bonds. The van der Waals surface area contributed by atoms with Crippen molar-refractivity contribution in [3.05, 3.63) is 52.0 Å². The predicted octanol–water partition coefficient (Wildman–Crippen LogP) is 5.66. The van der Waals surface area contributed by atoms with Crippen molar-refractivity contribution in [2.75, 3.05) is 17.7 Å². The number of rotatable bonds is 3. The number of urea groups is 1. The monoisotopic (exact) mass is 378 g/mol. The Balaban J connectivity index is 2.18. The Bertz CT molecular complexity index is 767. The zero-order valence-electron chi connectivity index (χ0n) is 12.2. The summed E-state index contributed by atoms with van der Waals surface area (Å²) in [4.78, 5) is 12.0. The minimum Gasteiger partial charge on any atom is -0.495 e. The molecule has 0 heterocycles. The van der Waals surface area contributed by atoms with Gasteiger partial charge >= 0.3 is 12.2 Å². The van der Waals surface area contributed by atoms with E-state index in [-0.39, 0.29) is 11.4 Å². The molecule has 0 spiro atoms. The molecule has 0 fully saturated rings. The van der Waals surface area contributed by atoms with Crippen molar-refractivity contribution in [2.24, 2.45) is 0 Å². The van der Waals surface area contributed by atoms with E-state index in [9.17, 15) is 18.0 Å². The Morgan fingerprint density at radius 1 is 1.08 bits per heavy atom. The van der Waals surface area contributed by atoms with Crippen molar-refractivity contribution in [1.82, 2.24) is 0 Å². The molecule has 0 atom stereocenters. The zero-order valence-corrected chi connectivity index (χ0v) is 13.7. The van der Waals surface area contributed by atoms with Crippen molar-refractivity contribution in [1.29, 1.82) is 0 Å². The normalized spacial score (nSPS) is 11.1. The van der Waals surface area contributed by atoms with E-state index in [0.717, 1.165) is 12.1 Å². The fraction of sp³-hybridized carbons (Fsp3) is 0.133. The van der Waals surface area contributed by atoms with Crippen LogP contribution in [0.4, 0.5) is 29.3 Å². The van der Waals surface area contributed by atoms with Crippen LogP contribution in [-0.2, 0) is 6.18 Å². The summed E-state index contributed by atoms with van der Waals surface area (Å²) in [5.41, 5.74) is -0.833. The predicted molar refractivity (Wildman–Crippen MR) is 87.1 cm³/mol. The number of methoxy groups -OCH3 is 1. The molecule has 0 saturated heterocycles. The second-order valence-corrected chi connectivity index (χ2v) is 5.46. The summed E-state index contributed by atoms with van der Waals surface area (Å²) in [6, 6.07) is 6.86. The van der Waals surface area contributed by atoms with Crippen molar-refractivity contribution in [2.45, 2.75) is 6.18 Å². The molecular weight excluding hydrogens is 368 g/mol. The van der Waals surface area contributed by atoms with Crippen LogP contribution in [-0.4, -0.2) is 13.1 Å². The summed E-state index contributed by atoms with van der Waals surface area (Å²) in [7, 11) is 1.40. The second-order valence-electron chi connectivity index (χ2n) is 4.62. The molecule has 0 aromatic heterocycles. The third-order valence-corrected chi connectivity index (χ3v) is 3.50. The highest BCUT2D eigenvalue weighted by Crippen LogP contribution is 2.36. The van der Waals surface area contributed by atoms with Crippen molar-refractivity contribution < 1.29 is 22.7 Å². The first-order valence-electron chi connectivity index (χ1n) is 6.49. The number of carbonyl (C=O) groups excluding carboxylic acids is 1. The Morgan fingerprint density at radius 3 is 2.42 bits per heavy atom. The number of benzene rings is 2. The molecule has 4 nitrogen and oxygen atoms in total. The second kappa shape index (κ2) is 7.19. The maximum absolute atomic E-state index is 12.8. The van der Waals surface area contributed by atoms with Gasteiger partial charge in [0.2, 0.25) is 0 Å². The highest BCUT2D eigenvalue weighted by Gasteiger charge is 2.33. The van der Waals surface area contributed by atoms with Gasteiger partial charge in [-0.25, -0.2) is 4.79 Å². The summed E-state index contributed by atoms with van der Waals surface area (Å²) in [6.45, 7) is 0. The third kappa shape index (κ3) is 4.46. The molecule has 0 unspecified atom stereocenters. The maximum atomic E-state index is 12.8. The molecule has 9 heteroatoms. The van der Waals surface area contributed by atoms with E-state index < -0.39 is 22.8 Å². The number of nitrogens with one attached hydrogen (secondary N) is 2. The molecule has 0 aliphatic rings. The van der Waals surface area contributed by atoms with E-state index in [2.05, 4.69) is 10.6 Å². The van der Waals surface area contributed by atoms with Gasteiger partial charge in [-0.3, -0.25) is 0 Å². The first kappa shape index (κ1) is 18.2. The SMILES string of the molecule is COc1ccc(Cl)cc1NC(=O)Nc1ccc(Cl)c(C(F)(F)F)c1. The molecule has 2 rings (SSSR count). The van der Waals surface area contributed by atoms with Gasteiger partial charge in [-0.05, 0) is 36.4 Å². The molecule has 24 heavy (non-hydrogen) atoms. The van der Waals surface area contributed by atoms with Crippen LogP contribution in [0.5, 0.6) is 5.75 Å². The Labute approximate surface area is 145 Å². The van der Waals surface area contributed by atoms with Gasteiger partial charge < -0.3 is 15.4 Å². The number of alkyl halides is 3. The lowest BCUT2D eigenvalue weighted by Crippen LogP contribution is -2.20. The number of amides is 2. The van der Waals surface area contributed by atoms with Gasteiger partial charge in [0.1, 0.15) is 5.75 Å². The first-order valence-corrected chi connectivity index (χ1v) is 7.24. The Kier molecular flexibility index (Phi) is 5.46.